The van der Waals surface area contributed by atoms with Crippen molar-refractivity contribution in [2.45, 2.75) is 25.8 Å². The van der Waals surface area contributed by atoms with Crippen molar-refractivity contribution < 1.29 is 14.4 Å². The monoisotopic (exact) mass is 239 g/mol. The molecule has 0 spiro atoms. The Bertz CT molecular complexity index is 363. The van der Waals surface area contributed by atoms with Crippen LogP contribution in [0.2, 0.25) is 0 Å². The lowest BCUT2D eigenvalue weighted by molar-refractivity contribution is -0.130. The van der Waals surface area contributed by atoms with E-state index >= 15 is 0 Å². The molecule has 4 amide bonds. The Balaban J connectivity index is 2.47. The molecule has 2 N–H and O–H groups in total. The summed E-state index contributed by atoms with van der Waals surface area (Å²) in [4.78, 5) is 35.6. The number of urea groups is 1. The lowest BCUT2D eigenvalue weighted by Crippen LogP contribution is -2.40. The van der Waals surface area contributed by atoms with Gasteiger partial charge in [0, 0.05) is 19.5 Å². The van der Waals surface area contributed by atoms with E-state index in [4.69, 9.17) is 0 Å². The van der Waals surface area contributed by atoms with Crippen molar-refractivity contribution in [3.05, 3.63) is 12.7 Å². The molecule has 17 heavy (non-hydrogen) atoms. The summed E-state index contributed by atoms with van der Waals surface area (Å²) >= 11 is 0. The van der Waals surface area contributed by atoms with E-state index in [0.717, 1.165) is 4.90 Å². The molecule has 0 saturated carbocycles. The minimum atomic E-state index is -0.880. The van der Waals surface area contributed by atoms with Gasteiger partial charge in [0.1, 0.15) is 5.54 Å². The van der Waals surface area contributed by atoms with Crippen molar-refractivity contribution in [2.24, 2.45) is 0 Å². The molecule has 0 unspecified atom stereocenters. The summed E-state index contributed by atoms with van der Waals surface area (Å²) in [6.45, 7) is 7.20. The van der Waals surface area contributed by atoms with Gasteiger partial charge in [-0.3, -0.25) is 14.5 Å². The molecule has 0 aliphatic carbocycles. The van der Waals surface area contributed by atoms with Gasteiger partial charge in [-0.2, -0.15) is 0 Å². The predicted molar refractivity (Wildman–Crippen MR) is 62.1 cm³/mol. The summed E-state index contributed by atoms with van der Waals surface area (Å²) in [5.74, 6) is -0.519. The Kier molecular flexibility index (Phi) is 3.88. The first-order valence-electron chi connectivity index (χ1n) is 5.40. The SMILES string of the molecule is C=CCNC(=O)CCN1C(=O)NC(C)(C)C1=O. The van der Waals surface area contributed by atoms with Crippen LogP contribution in [0, 0.1) is 0 Å². The molecule has 1 saturated heterocycles. The third kappa shape index (κ3) is 3.05. The van der Waals surface area contributed by atoms with Crippen molar-refractivity contribution in [3.63, 3.8) is 0 Å². The van der Waals surface area contributed by atoms with E-state index in [-0.39, 0.29) is 24.8 Å². The van der Waals surface area contributed by atoms with Gasteiger partial charge >= 0.3 is 6.03 Å². The fourth-order valence-corrected chi connectivity index (χ4v) is 1.51. The van der Waals surface area contributed by atoms with Crippen LogP contribution in [0.25, 0.3) is 0 Å². The third-order valence-electron chi connectivity index (χ3n) is 2.45. The molecule has 6 nitrogen and oxygen atoms in total. The van der Waals surface area contributed by atoms with E-state index in [1.807, 2.05) is 0 Å². The van der Waals surface area contributed by atoms with Crippen LogP contribution in [0.4, 0.5) is 4.79 Å². The quantitative estimate of drug-likeness (QED) is 0.524. The molecule has 1 aliphatic heterocycles. The second-order valence-electron chi connectivity index (χ2n) is 4.35. The molecule has 0 aromatic carbocycles. The molecule has 0 aromatic heterocycles. The molecule has 1 rings (SSSR count). The molecular weight excluding hydrogens is 222 g/mol. The van der Waals surface area contributed by atoms with Crippen molar-refractivity contribution in [3.8, 4) is 0 Å². The minimum Gasteiger partial charge on any atom is -0.353 e. The Labute approximate surface area is 100 Å². The first kappa shape index (κ1) is 13.2. The number of carbonyl (C=O) groups excluding carboxylic acids is 3. The van der Waals surface area contributed by atoms with Crippen molar-refractivity contribution in [1.29, 1.82) is 0 Å². The molecule has 0 atom stereocenters. The summed E-state index contributed by atoms with van der Waals surface area (Å²) < 4.78 is 0. The topological polar surface area (TPSA) is 78.5 Å². The number of hydrogen-bond donors (Lipinski definition) is 2. The van der Waals surface area contributed by atoms with Gasteiger partial charge in [-0.25, -0.2) is 4.79 Å². The molecule has 0 bridgehead atoms. The molecule has 1 fully saturated rings. The van der Waals surface area contributed by atoms with E-state index in [1.54, 1.807) is 19.9 Å². The number of rotatable bonds is 5. The zero-order valence-electron chi connectivity index (χ0n) is 10.1. The van der Waals surface area contributed by atoms with Crippen LogP contribution in [0.3, 0.4) is 0 Å². The first-order valence-corrected chi connectivity index (χ1v) is 5.40. The third-order valence-corrected chi connectivity index (χ3v) is 2.45. The minimum absolute atomic E-state index is 0.0943. The standard InChI is InChI=1S/C11H17N3O3/c1-4-6-12-8(15)5-7-14-9(16)11(2,3)13-10(14)17/h4H,1,5-7H2,2-3H3,(H,12,15)(H,13,17). The van der Waals surface area contributed by atoms with E-state index in [0.29, 0.717) is 6.54 Å². The Morgan fingerprint density at radius 3 is 2.65 bits per heavy atom. The van der Waals surface area contributed by atoms with Crippen LogP contribution in [0.1, 0.15) is 20.3 Å². The van der Waals surface area contributed by atoms with Crippen LogP contribution in [-0.4, -0.2) is 41.4 Å². The highest BCUT2D eigenvalue weighted by Gasteiger charge is 2.43. The van der Waals surface area contributed by atoms with Gasteiger partial charge in [-0.1, -0.05) is 6.08 Å². The zero-order chi connectivity index (χ0) is 13.1. The average molecular weight is 239 g/mol. The fraction of sp³-hybridized carbons (Fsp3) is 0.545. The second-order valence-corrected chi connectivity index (χ2v) is 4.35. The maximum Gasteiger partial charge on any atom is 0.325 e. The highest BCUT2D eigenvalue weighted by Crippen LogP contribution is 2.16. The van der Waals surface area contributed by atoms with Gasteiger partial charge < -0.3 is 10.6 Å². The lowest BCUT2D eigenvalue weighted by atomic mass is 10.1. The number of nitrogens with one attached hydrogen (secondary N) is 2. The normalized spacial score (nSPS) is 17.9. The predicted octanol–water partition coefficient (Wildman–Crippen LogP) is 0.00910. The molecule has 94 valence electrons. The van der Waals surface area contributed by atoms with Crippen molar-refractivity contribution in [2.75, 3.05) is 13.1 Å². The highest BCUT2D eigenvalue weighted by atomic mass is 16.2. The summed E-state index contributed by atoms with van der Waals surface area (Å²) in [6.07, 6.45) is 1.66. The maximum atomic E-state index is 11.8. The summed E-state index contributed by atoms with van der Waals surface area (Å²) in [5, 5.41) is 5.13. The van der Waals surface area contributed by atoms with Gasteiger partial charge in [-0.05, 0) is 13.8 Å². The molecule has 0 radical (unpaired) electrons. The second kappa shape index (κ2) is 4.99. The van der Waals surface area contributed by atoms with Gasteiger partial charge in [0.15, 0.2) is 0 Å². The molecule has 6 heteroatoms. The first-order chi connectivity index (χ1) is 7.88. The summed E-state index contributed by atoms with van der Waals surface area (Å²) in [7, 11) is 0. The van der Waals surface area contributed by atoms with E-state index in [9.17, 15) is 14.4 Å². The van der Waals surface area contributed by atoms with E-state index in [2.05, 4.69) is 17.2 Å². The fourth-order valence-electron chi connectivity index (χ4n) is 1.51. The Morgan fingerprint density at radius 1 is 1.53 bits per heavy atom. The molecule has 0 aromatic rings. The zero-order valence-corrected chi connectivity index (χ0v) is 10.1. The van der Waals surface area contributed by atoms with E-state index in [1.165, 1.54) is 0 Å². The molecule has 1 aliphatic rings. The smallest absolute Gasteiger partial charge is 0.325 e. The van der Waals surface area contributed by atoms with Crippen molar-refractivity contribution >= 4 is 17.8 Å². The molecular formula is C11H17N3O3. The van der Waals surface area contributed by atoms with E-state index < -0.39 is 11.6 Å². The largest absolute Gasteiger partial charge is 0.353 e. The van der Waals surface area contributed by atoms with Crippen LogP contribution < -0.4 is 10.6 Å². The van der Waals surface area contributed by atoms with Crippen molar-refractivity contribution in [1.82, 2.24) is 15.5 Å². The summed E-state index contributed by atoms with van der Waals surface area (Å²) in [5.41, 5.74) is -0.880. The van der Waals surface area contributed by atoms with Crippen LogP contribution in [0.5, 0.6) is 0 Å². The average Bonchev–Trinajstić information content (AvgIpc) is 2.43. The van der Waals surface area contributed by atoms with Gasteiger partial charge in [0.2, 0.25) is 5.91 Å². The molecule has 1 heterocycles. The number of imide groups is 1. The number of amides is 4. The van der Waals surface area contributed by atoms with Gasteiger partial charge in [0.25, 0.3) is 5.91 Å². The number of carbonyl (C=O) groups is 3. The van der Waals surface area contributed by atoms with Gasteiger partial charge in [0.05, 0.1) is 0 Å². The van der Waals surface area contributed by atoms with Crippen LogP contribution in [0.15, 0.2) is 12.7 Å². The highest BCUT2D eigenvalue weighted by molar-refractivity contribution is 6.06. The number of nitrogens with zero attached hydrogens (tertiary/aromatic N) is 1. The Hall–Kier alpha value is -1.85. The summed E-state index contributed by atoms with van der Waals surface area (Å²) in [6, 6.07) is -0.448. The lowest BCUT2D eigenvalue weighted by Gasteiger charge is -2.15. The maximum absolute atomic E-state index is 11.8. The van der Waals surface area contributed by atoms with Crippen LogP contribution >= 0.6 is 0 Å². The van der Waals surface area contributed by atoms with Gasteiger partial charge in [-0.15, -0.1) is 6.58 Å². The number of hydrogen-bond acceptors (Lipinski definition) is 3. The van der Waals surface area contributed by atoms with Crippen LogP contribution in [-0.2, 0) is 9.59 Å². The Morgan fingerprint density at radius 2 is 2.18 bits per heavy atom.